The second kappa shape index (κ2) is 3.59. The van der Waals surface area contributed by atoms with Crippen LogP contribution in [-0.4, -0.2) is 34.0 Å². The van der Waals surface area contributed by atoms with Gasteiger partial charge in [0.25, 0.3) is 0 Å². The van der Waals surface area contributed by atoms with E-state index in [9.17, 15) is 14.7 Å². The molecule has 0 heterocycles. The smallest absolute Gasteiger partial charge is 0.329 e. The van der Waals surface area contributed by atoms with Gasteiger partial charge >= 0.3 is 5.97 Å². The van der Waals surface area contributed by atoms with Crippen LogP contribution in [0, 0.1) is 5.92 Å². The van der Waals surface area contributed by atoms with Gasteiger partial charge in [0.15, 0.2) is 0 Å². The minimum absolute atomic E-state index is 0.129. The molecule has 1 N–H and O–H groups in total. The lowest BCUT2D eigenvalue weighted by atomic mass is 9.93. The molecule has 1 unspecified atom stereocenters. The number of hydrogen-bond donors (Lipinski definition) is 1. The predicted octanol–water partition coefficient (Wildman–Crippen LogP) is 1.11. The highest BCUT2D eigenvalue weighted by Gasteiger charge is 2.52. The summed E-state index contributed by atoms with van der Waals surface area (Å²) >= 11 is 0. The molecule has 14 heavy (non-hydrogen) atoms. The lowest BCUT2D eigenvalue weighted by Gasteiger charge is -2.37. The van der Waals surface area contributed by atoms with Crippen molar-refractivity contribution in [2.24, 2.45) is 5.92 Å². The molecule has 0 saturated heterocycles. The van der Waals surface area contributed by atoms with E-state index in [4.69, 9.17) is 0 Å². The first-order valence-corrected chi connectivity index (χ1v) is 4.96. The Balaban J connectivity index is 2.95. The van der Waals surface area contributed by atoms with Gasteiger partial charge in [-0.2, -0.15) is 0 Å². The molecule has 0 aromatic heterocycles. The Morgan fingerprint density at radius 1 is 1.50 bits per heavy atom. The molecular weight excluding hydrogens is 182 g/mol. The lowest BCUT2D eigenvalue weighted by Crippen LogP contribution is -2.56. The van der Waals surface area contributed by atoms with Crippen molar-refractivity contribution in [2.75, 3.05) is 6.54 Å². The van der Waals surface area contributed by atoms with Gasteiger partial charge in [-0.25, -0.2) is 4.79 Å². The summed E-state index contributed by atoms with van der Waals surface area (Å²) in [7, 11) is 0. The minimum atomic E-state index is -0.999. The number of carbonyl (C=O) groups is 2. The molecule has 1 saturated carbocycles. The Morgan fingerprint density at radius 2 is 2.00 bits per heavy atom. The Bertz CT molecular complexity index is 260. The van der Waals surface area contributed by atoms with Crippen molar-refractivity contribution in [1.29, 1.82) is 0 Å². The highest BCUT2D eigenvalue weighted by molar-refractivity contribution is 5.86. The SMILES string of the molecule is CCN(C(C)=O)C(C)(C(=O)O)C1CC1. The summed E-state index contributed by atoms with van der Waals surface area (Å²) in [5.41, 5.74) is -0.999. The van der Waals surface area contributed by atoms with E-state index in [-0.39, 0.29) is 11.8 Å². The molecule has 0 aromatic carbocycles. The topological polar surface area (TPSA) is 57.6 Å². The molecule has 0 aliphatic heterocycles. The van der Waals surface area contributed by atoms with Gasteiger partial charge in [-0.05, 0) is 32.6 Å². The van der Waals surface area contributed by atoms with Gasteiger partial charge < -0.3 is 10.0 Å². The molecule has 1 aliphatic rings. The van der Waals surface area contributed by atoms with Crippen molar-refractivity contribution < 1.29 is 14.7 Å². The molecule has 1 atom stereocenters. The summed E-state index contributed by atoms with van der Waals surface area (Å²) in [5.74, 6) is -0.926. The fourth-order valence-electron chi connectivity index (χ4n) is 2.03. The molecule has 0 bridgehead atoms. The van der Waals surface area contributed by atoms with Crippen LogP contribution in [0.3, 0.4) is 0 Å². The highest BCUT2D eigenvalue weighted by atomic mass is 16.4. The Hall–Kier alpha value is -1.06. The Kier molecular flexibility index (Phi) is 2.83. The fraction of sp³-hybridized carbons (Fsp3) is 0.800. The molecular formula is C10H17NO3. The van der Waals surface area contributed by atoms with E-state index in [1.54, 1.807) is 6.92 Å². The molecule has 4 nitrogen and oxygen atoms in total. The molecule has 0 spiro atoms. The summed E-state index contributed by atoms with van der Waals surface area (Å²) in [4.78, 5) is 24.0. The maximum atomic E-state index is 11.3. The number of aliphatic carboxylic acids is 1. The summed E-state index contributed by atoms with van der Waals surface area (Å²) < 4.78 is 0. The van der Waals surface area contributed by atoms with Gasteiger partial charge in [0, 0.05) is 13.5 Å². The molecule has 1 fully saturated rings. The third kappa shape index (κ3) is 1.61. The van der Waals surface area contributed by atoms with Crippen LogP contribution < -0.4 is 0 Å². The van der Waals surface area contributed by atoms with Gasteiger partial charge in [-0.1, -0.05) is 0 Å². The van der Waals surface area contributed by atoms with Crippen molar-refractivity contribution in [3.63, 3.8) is 0 Å². The van der Waals surface area contributed by atoms with Crippen LogP contribution in [0.1, 0.15) is 33.6 Å². The maximum absolute atomic E-state index is 11.3. The van der Waals surface area contributed by atoms with Crippen LogP contribution in [-0.2, 0) is 9.59 Å². The number of carboxylic acid groups (broad SMARTS) is 1. The third-order valence-corrected chi connectivity index (χ3v) is 3.06. The van der Waals surface area contributed by atoms with E-state index < -0.39 is 11.5 Å². The quantitative estimate of drug-likeness (QED) is 0.737. The van der Waals surface area contributed by atoms with Crippen molar-refractivity contribution in [1.82, 2.24) is 4.90 Å². The number of likely N-dealkylation sites (N-methyl/N-ethyl adjacent to an activating group) is 1. The van der Waals surface area contributed by atoms with Crippen molar-refractivity contribution in [2.45, 2.75) is 39.2 Å². The van der Waals surface area contributed by atoms with E-state index >= 15 is 0 Å². The summed E-state index contributed by atoms with van der Waals surface area (Å²) in [6, 6.07) is 0. The summed E-state index contributed by atoms with van der Waals surface area (Å²) in [5, 5.41) is 9.20. The molecule has 80 valence electrons. The summed E-state index contributed by atoms with van der Waals surface area (Å²) in [6.07, 6.45) is 1.82. The Labute approximate surface area is 83.9 Å². The van der Waals surface area contributed by atoms with Crippen molar-refractivity contribution >= 4 is 11.9 Å². The first-order chi connectivity index (χ1) is 6.44. The standard InChI is InChI=1S/C10H17NO3/c1-4-11(7(2)12)10(3,9(13)14)8-5-6-8/h8H,4-6H2,1-3H3,(H,13,14). The maximum Gasteiger partial charge on any atom is 0.329 e. The average Bonchev–Trinajstić information content (AvgIpc) is 2.85. The van der Waals surface area contributed by atoms with Crippen molar-refractivity contribution in [3.05, 3.63) is 0 Å². The molecule has 1 aliphatic carbocycles. The van der Waals surface area contributed by atoms with Crippen LogP contribution in [0.2, 0.25) is 0 Å². The van der Waals surface area contributed by atoms with Crippen LogP contribution in [0.5, 0.6) is 0 Å². The van der Waals surface area contributed by atoms with Gasteiger partial charge in [0.2, 0.25) is 5.91 Å². The number of amides is 1. The van der Waals surface area contributed by atoms with Crippen LogP contribution >= 0.6 is 0 Å². The second-order valence-electron chi connectivity index (χ2n) is 3.99. The van der Waals surface area contributed by atoms with E-state index in [0.29, 0.717) is 6.54 Å². The number of carbonyl (C=O) groups excluding carboxylic acids is 1. The monoisotopic (exact) mass is 199 g/mol. The predicted molar refractivity (Wildman–Crippen MR) is 51.8 cm³/mol. The zero-order valence-electron chi connectivity index (χ0n) is 8.91. The molecule has 0 aromatic rings. The van der Waals surface area contributed by atoms with E-state index in [0.717, 1.165) is 12.8 Å². The van der Waals surface area contributed by atoms with Crippen molar-refractivity contribution in [3.8, 4) is 0 Å². The summed E-state index contributed by atoms with van der Waals surface area (Å²) in [6.45, 7) is 5.34. The Morgan fingerprint density at radius 3 is 2.21 bits per heavy atom. The van der Waals surface area contributed by atoms with E-state index in [1.807, 2.05) is 6.92 Å². The first kappa shape index (κ1) is 11.0. The molecule has 1 rings (SSSR count). The number of nitrogens with zero attached hydrogens (tertiary/aromatic N) is 1. The lowest BCUT2D eigenvalue weighted by molar-refractivity contribution is -0.158. The minimum Gasteiger partial charge on any atom is -0.479 e. The van der Waals surface area contributed by atoms with Crippen LogP contribution in [0.25, 0.3) is 0 Å². The zero-order valence-corrected chi connectivity index (χ0v) is 8.91. The number of rotatable bonds is 4. The first-order valence-electron chi connectivity index (χ1n) is 4.96. The van der Waals surface area contributed by atoms with Gasteiger partial charge in [-0.15, -0.1) is 0 Å². The van der Waals surface area contributed by atoms with Crippen LogP contribution in [0.15, 0.2) is 0 Å². The van der Waals surface area contributed by atoms with Crippen LogP contribution in [0.4, 0.5) is 0 Å². The van der Waals surface area contributed by atoms with E-state index in [2.05, 4.69) is 0 Å². The molecule has 1 amide bonds. The molecule has 0 radical (unpaired) electrons. The van der Waals surface area contributed by atoms with E-state index in [1.165, 1.54) is 11.8 Å². The van der Waals surface area contributed by atoms with Gasteiger partial charge in [-0.3, -0.25) is 4.79 Å². The molecule has 4 heteroatoms. The number of carboxylic acids is 1. The second-order valence-corrected chi connectivity index (χ2v) is 3.99. The largest absolute Gasteiger partial charge is 0.479 e. The van der Waals surface area contributed by atoms with Gasteiger partial charge in [0.1, 0.15) is 5.54 Å². The average molecular weight is 199 g/mol. The zero-order chi connectivity index (χ0) is 10.9. The third-order valence-electron chi connectivity index (χ3n) is 3.06. The highest BCUT2D eigenvalue weighted by Crippen LogP contribution is 2.43. The number of hydrogen-bond acceptors (Lipinski definition) is 2. The van der Waals surface area contributed by atoms with Gasteiger partial charge in [0.05, 0.1) is 0 Å². The normalized spacial score (nSPS) is 19.9. The fourth-order valence-corrected chi connectivity index (χ4v) is 2.03.